The lowest BCUT2D eigenvalue weighted by Crippen LogP contribution is -2.29. The van der Waals surface area contributed by atoms with Crippen LogP contribution in [0, 0.1) is 5.41 Å². The van der Waals surface area contributed by atoms with Gasteiger partial charge in [-0.1, -0.05) is 24.3 Å². The molecule has 0 saturated heterocycles. The molecule has 0 aromatic heterocycles. The van der Waals surface area contributed by atoms with E-state index in [-0.39, 0.29) is 0 Å². The van der Waals surface area contributed by atoms with Crippen molar-refractivity contribution < 1.29 is 0 Å². The van der Waals surface area contributed by atoms with Gasteiger partial charge in [0, 0.05) is 25.2 Å². The van der Waals surface area contributed by atoms with Gasteiger partial charge in [0.25, 0.3) is 0 Å². The van der Waals surface area contributed by atoms with Gasteiger partial charge in [0.1, 0.15) is 0 Å². The highest BCUT2D eigenvalue weighted by Crippen LogP contribution is 2.21. The highest BCUT2D eigenvalue weighted by atomic mass is 15.1. The molecule has 2 rings (SSSR count). The lowest BCUT2D eigenvalue weighted by atomic mass is 10.0. The van der Waals surface area contributed by atoms with E-state index in [1.807, 2.05) is 0 Å². The molecule has 15 heavy (non-hydrogen) atoms. The first-order valence-electron chi connectivity index (χ1n) is 5.32. The van der Waals surface area contributed by atoms with Gasteiger partial charge in [-0.05, 0) is 30.3 Å². The van der Waals surface area contributed by atoms with Crippen LogP contribution in [0.15, 0.2) is 30.5 Å². The van der Waals surface area contributed by atoms with Crippen molar-refractivity contribution in [3.63, 3.8) is 0 Å². The molecule has 1 N–H and O–H groups in total. The minimum atomic E-state index is 0.409. The molecule has 1 aliphatic rings. The summed E-state index contributed by atoms with van der Waals surface area (Å²) in [5.74, 6) is 0. The van der Waals surface area contributed by atoms with E-state index < -0.39 is 0 Å². The molecule has 1 aliphatic heterocycles. The van der Waals surface area contributed by atoms with Gasteiger partial charge in [-0.2, -0.15) is 0 Å². The largest absolute Gasteiger partial charge is 0.370 e. The van der Waals surface area contributed by atoms with E-state index in [1.54, 1.807) is 0 Å². The number of fused-ring (bicyclic) bond motifs is 1. The Morgan fingerprint density at radius 1 is 1.47 bits per heavy atom. The van der Waals surface area contributed by atoms with Crippen LogP contribution in [0.5, 0.6) is 0 Å². The summed E-state index contributed by atoms with van der Waals surface area (Å²) in [5, 5.41) is 7.12. The normalized spacial score (nSPS) is 15.9. The molecule has 78 valence electrons. The molecule has 1 atom stereocenters. The van der Waals surface area contributed by atoms with Gasteiger partial charge in [0.05, 0.1) is 0 Å². The summed E-state index contributed by atoms with van der Waals surface area (Å²) in [6.45, 7) is 3.12. The van der Waals surface area contributed by atoms with Crippen LogP contribution in [0.25, 0.3) is 6.08 Å². The van der Waals surface area contributed by atoms with E-state index in [2.05, 4.69) is 48.4 Å². The molecule has 1 heterocycles. The zero-order valence-electron chi connectivity index (χ0n) is 8.98. The lowest BCUT2D eigenvalue weighted by molar-refractivity contribution is 0.291. The standard InChI is InChI=1S/C13H16N2/c1-11(6-8-14)15-9-7-12-4-2-3-5-13(12)10-15/h2-5,7-9,11,14H,6,10H2,1H3/t11-/m0/s1. The second-order valence-corrected chi connectivity index (χ2v) is 3.98. The SMILES string of the molecule is C[C@@H](CC=N)N1C=Cc2ccccc2C1. The molecule has 0 saturated carbocycles. The average molecular weight is 200 g/mol. The summed E-state index contributed by atoms with van der Waals surface area (Å²) in [4.78, 5) is 2.29. The summed E-state index contributed by atoms with van der Waals surface area (Å²) in [5.41, 5.74) is 2.69. The summed E-state index contributed by atoms with van der Waals surface area (Å²) >= 11 is 0. The molecule has 1 aromatic rings. The summed E-state index contributed by atoms with van der Waals surface area (Å²) in [6, 6.07) is 8.87. The minimum absolute atomic E-state index is 0.409. The molecular formula is C13H16N2. The van der Waals surface area contributed by atoms with E-state index in [9.17, 15) is 0 Å². The molecule has 0 bridgehead atoms. The van der Waals surface area contributed by atoms with Crippen molar-refractivity contribution >= 4 is 12.3 Å². The molecule has 0 unspecified atom stereocenters. The minimum Gasteiger partial charge on any atom is -0.370 e. The Labute approximate surface area is 90.7 Å². The molecule has 0 amide bonds. The Hall–Kier alpha value is -1.57. The Balaban J connectivity index is 2.15. The number of nitrogens with zero attached hydrogens (tertiary/aromatic N) is 1. The number of rotatable bonds is 3. The fourth-order valence-corrected chi connectivity index (χ4v) is 1.87. The molecular weight excluding hydrogens is 184 g/mol. The highest BCUT2D eigenvalue weighted by Gasteiger charge is 2.14. The molecule has 2 nitrogen and oxygen atoms in total. The Bertz CT molecular complexity index is 382. The van der Waals surface area contributed by atoms with Gasteiger partial charge >= 0.3 is 0 Å². The molecule has 0 fully saturated rings. The third-order valence-electron chi connectivity index (χ3n) is 2.88. The van der Waals surface area contributed by atoms with Gasteiger partial charge in [-0.3, -0.25) is 0 Å². The van der Waals surface area contributed by atoms with Crippen LogP contribution in [-0.4, -0.2) is 17.2 Å². The monoisotopic (exact) mass is 200 g/mol. The highest BCUT2D eigenvalue weighted by molar-refractivity contribution is 5.56. The quantitative estimate of drug-likeness (QED) is 0.746. The Kier molecular flexibility index (Phi) is 2.86. The molecule has 0 radical (unpaired) electrons. The van der Waals surface area contributed by atoms with Crippen molar-refractivity contribution in [3.8, 4) is 0 Å². The lowest BCUT2D eigenvalue weighted by Gasteiger charge is -2.30. The third-order valence-corrected chi connectivity index (χ3v) is 2.88. The van der Waals surface area contributed by atoms with Gasteiger partial charge in [0.15, 0.2) is 0 Å². The number of nitrogens with one attached hydrogen (secondary N) is 1. The topological polar surface area (TPSA) is 27.1 Å². The fraction of sp³-hybridized carbons (Fsp3) is 0.308. The van der Waals surface area contributed by atoms with Crippen LogP contribution in [0.3, 0.4) is 0 Å². The van der Waals surface area contributed by atoms with Crippen LogP contribution in [0.1, 0.15) is 24.5 Å². The molecule has 2 heteroatoms. The van der Waals surface area contributed by atoms with Crippen molar-refractivity contribution in [3.05, 3.63) is 41.6 Å². The van der Waals surface area contributed by atoms with Crippen molar-refractivity contribution in [2.75, 3.05) is 0 Å². The van der Waals surface area contributed by atoms with Crippen LogP contribution < -0.4 is 0 Å². The first kappa shape index (κ1) is 9.97. The van der Waals surface area contributed by atoms with Gasteiger partial charge in [0.2, 0.25) is 0 Å². The van der Waals surface area contributed by atoms with Crippen LogP contribution in [0.2, 0.25) is 0 Å². The van der Waals surface area contributed by atoms with E-state index in [0.29, 0.717) is 6.04 Å². The third kappa shape index (κ3) is 2.09. The van der Waals surface area contributed by atoms with E-state index >= 15 is 0 Å². The van der Waals surface area contributed by atoms with Gasteiger partial charge in [-0.15, -0.1) is 0 Å². The summed E-state index contributed by atoms with van der Waals surface area (Å²) in [6.07, 6.45) is 6.58. The zero-order valence-corrected chi connectivity index (χ0v) is 8.98. The first-order chi connectivity index (χ1) is 7.31. The molecule has 0 spiro atoms. The average Bonchev–Trinajstić information content (AvgIpc) is 2.29. The summed E-state index contributed by atoms with van der Waals surface area (Å²) < 4.78 is 0. The van der Waals surface area contributed by atoms with Crippen LogP contribution >= 0.6 is 0 Å². The summed E-state index contributed by atoms with van der Waals surface area (Å²) in [7, 11) is 0. The Morgan fingerprint density at radius 3 is 3.07 bits per heavy atom. The smallest absolute Gasteiger partial charge is 0.0433 e. The van der Waals surface area contributed by atoms with E-state index in [4.69, 9.17) is 5.41 Å². The van der Waals surface area contributed by atoms with E-state index in [1.165, 1.54) is 17.3 Å². The van der Waals surface area contributed by atoms with E-state index in [0.717, 1.165) is 13.0 Å². The van der Waals surface area contributed by atoms with Crippen molar-refractivity contribution in [2.24, 2.45) is 0 Å². The zero-order chi connectivity index (χ0) is 10.7. The van der Waals surface area contributed by atoms with Crippen molar-refractivity contribution in [1.82, 2.24) is 4.90 Å². The Morgan fingerprint density at radius 2 is 2.27 bits per heavy atom. The first-order valence-corrected chi connectivity index (χ1v) is 5.32. The number of hydrogen-bond donors (Lipinski definition) is 1. The van der Waals surface area contributed by atoms with Crippen LogP contribution in [0.4, 0.5) is 0 Å². The maximum atomic E-state index is 7.12. The fourth-order valence-electron chi connectivity index (χ4n) is 1.87. The van der Waals surface area contributed by atoms with Crippen LogP contribution in [-0.2, 0) is 6.54 Å². The van der Waals surface area contributed by atoms with Crippen molar-refractivity contribution in [2.45, 2.75) is 25.9 Å². The number of hydrogen-bond acceptors (Lipinski definition) is 2. The maximum Gasteiger partial charge on any atom is 0.0433 e. The number of benzene rings is 1. The second-order valence-electron chi connectivity index (χ2n) is 3.98. The second kappa shape index (κ2) is 4.30. The van der Waals surface area contributed by atoms with Gasteiger partial charge < -0.3 is 10.3 Å². The van der Waals surface area contributed by atoms with Gasteiger partial charge in [-0.25, -0.2) is 0 Å². The predicted octanol–water partition coefficient (Wildman–Crippen LogP) is 2.90. The maximum absolute atomic E-state index is 7.12. The predicted molar refractivity (Wildman–Crippen MR) is 63.9 cm³/mol. The molecule has 0 aliphatic carbocycles. The molecule has 1 aromatic carbocycles. The van der Waals surface area contributed by atoms with Crippen molar-refractivity contribution in [1.29, 1.82) is 5.41 Å².